The summed E-state index contributed by atoms with van der Waals surface area (Å²) in [7, 11) is -2.95. The molecule has 0 radical (unpaired) electrons. The van der Waals surface area contributed by atoms with E-state index in [4.69, 9.17) is 0 Å². The quantitative estimate of drug-likeness (QED) is 0.838. The number of benzene rings is 1. The van der Waals surface area contributed by atoms with E-state index in [9.17, 15) is 22.0 Å². The number of thioether (sulfide) groups is 1. The lowest BCUT2D eigenvalue weighted by Crippen LogP contribution is -2.29. The molecule has 116 valence electrons. The number of nitrogens with one attached hydrogen (secondary N) is 1. The van der Waals surface area contributed by atoms with Crippen molar-refractivity contribution in [3.05, 3.63) is 29.8 Å². The third-order valence-corrected chi connectivity index (χ3v) is 5.78. The minimum atomic E-state index is -2.95. The SMILES string of the molecule is O=C(NCC1CCS(=O)(=O)C1)c1ccc(SC(F)F)cc1. The van der Waals surface area contributed by atoms with E-state index in [-0.39, 0.29) is 23.3 Å². The number of amides is 1. The van der Waals surface area contributed by atoms with E-state index in [1.807, 2.05) is 0 Å². The van der Waals surface area contributed by atoms with Gasteiger partial charge in [0, 0.05) is 17.0 Å². The second-order valence-corrected chi connectivity index (χ2v) is 8.17. The van der Waals surface area contributed by atoms with Gasteiger partial charge in [-0.1, -0.05) is 11.8 Å². The summed E-state index contributed by atoms with van der Waals surface area (Å²) in [6.45, 7) is 0.311. The fraction of sp³-hybridized carbons (Fsp3) is 0.462. The van der Waals surface area contributed by atoms with Gasteiger partial charge in [0.1, 0.15) is 0 Å². The molecule has 1 aliphatic heterocycles. The Bertz CT molecular complexity index is 602. The third-order valence-electron chi connectivity index (χ3n) is 3.22. The monoisotopic (exact) mass is 335 g/mol. The van der Waals surface area contributed by atoms with Crippen molar-refractivity contribution in [1.29, 1.82) is 0 Å². The van der Waals surface area contributed by atoms with Gasteiger partial charge in [-0.3, -0.25) is 4.79 Å². The first-order valence-corrected chi connectivity index (χ1v) is 9.09. The molecule has 1 heterocycles. The van der Waals surface area contributed by atoms with Crippen LogP contribution >= 0.6 is 11.8 Å². The molecule has 0 saturated carbocycles. The van der Waals surface area contributed by atoms with Crippen LogP contribution in [0.3, 0.4) is 0 Å². The number of sulfone groups is 1. The van der Waals surface area contributed by atoms with Crippen LogP contribution in [0.4, 0.5) is 8.78 Å². The molecular weight excluding hydrogens is 320 g/mol. The smallest absolute Gasteiger partial charge is 0.288 e. The molecule has 0 aliphatic carbocycles. The molecule has 4 nitrogen and oxygen atoms in total. The molecule has 0 aromatic heterocycles. The molecule has 1 saturated heterocycles. The van der Waals surface area contributed by atoms with E-state index in [2.05, 4.69) is 5.32 Å². The Hall–Kier alpha value is -1.15. The average molecular weight is 335 g/mol. The summed E-state index contributed by atoms with van der Waals surface area (Å²) in [5, 5.41) is 2.68. The van der Waals surface area contributed by atoms with Gasteiger partial charge >= 0.3 is 0 Å². The summed E-state index contributed by atoms with van der Waals surface area (Å²) in [5.41, 5.74) is 0.370. The Morgan fingerprint density at radius 3 is 2.52 bits per heavy atom. The Balaban J connectivity index is 1.86. The highest BCUT2D eigenvalue weighted by molar-refractivity contribution is 7.99. The summed E-state index contributed by atoms with van der Waals surface area (Å²) < 4.78 is 47.0. The fourth-order valence-corrected chi connectivity index (χ4v) is 4.52. The first kappa shape index (κ1) is 16.2. The van der Waals surface area contributed by atoms with E-state index in [1.54, 1.807) is 0 Å². The first-order valence-electron chi connectivity index (χ1n) is 6.39. The molecule has 1 atom stereocenters. The number of halogens is 2. The molecule has 8 heteroatoms. The second kappa shape index (κ2) is 6.74. The van der Waals surface area contributed by atoms with Gasteiger partial charge in [-0.25, -0.2) is 8.42 Å². The maximum Gasteiger partial charge on any atom is 0.288 e. The highest BCUT2D eigenvalue weighted by Gasteiger charge is 2.27. The minimum absolute atomic E-state index is 0.0485. The number of hydrogen-bond acceptors (Lipinski definition) is 4. The van der Waals surface area contributed by atoms with Gasteiger partial charge < -0.3 is 5.32 Å². The van der Waals surface area contributed by atoms with Crippen LogP contribution < -0.4 is 5.32 Å². The molecule has 2 rings (SSSR count). The van der Waals surface area contributed by atoms with Crippen LogP contribution in [0, 0.1) is 5.92 Å². The lowest BCUT2D eigenvalue weighted by molar-refractivity contribution is 0.0948. The highest BCUT2D eigenvalue weighted by Crippen LogP contribution is 2.25. The van der Waals surface area contributed by atoms with Gasteiger partial charge in [0.15, 0.2) is 9.84 Å². The Morgan fingerprint density at radius 2 is 2.00 bits per heavy atom. The van der Waals surface area contributed by atoms with E-state index < -0.39 is 15.6 Å². The van der Waals surface area contributed by atoms with Crippen LogP contribution in [0.5, 0.6) is 0 Å². The molecule has 1 fully saturated rings. The number of carbonyl (C=O) groups is 1. The lowest BCUT2D eigenvalue weighted by Gasteiger charge is -2.10. The summed E-state index contributed by atoms with van der Waals surface area (Å²) >= 11 is 0.421. The van der Waals surface area contributed by atoms with Crippen molar-refractivity contribution in [2.45, 2.75) is 17.1 Å². The van der Waals surface area contributed by atoms with E-state index in [0.717, 1.165) is 0 Å². The second-order valence-electron chi connectivity index (χ2n) is 4.88. The van der Waals surface area contributed by atoms with Crippen LogP contribution in [0.1, 0.15) is 16.8 Å². The topological polar surface area (TPSA) is 63.2 Å². The summed E-state index contributed by atoms with van der Waals surface area (Å²) in [5.74, 6) is -2.58. The molecule has 21 heavy (non-hydrogen) atoms. The van der Waals surface area contributed by atoms with Crippen LogP contribution in [-0.4, -0.2) is 38.1 Å². The van der Waals surface area contributed by atoms with Gasteiger partial charge in [0.2, 0.25) is 0 Å². The Labute approximate surface area is 126 Å². The lowest BCUT2D eigenvalue weighted by atomic mass is 10.1. The molecule has 1 aromatic carbocycles. The molecule has 1 unspecified atom stereocenters. The molecule has 1 amide bonds. The van der Waals surface area contributed by atoms with Gasteiger partial charge in [0.25, 0.3) is 11.7 Å². The van der Waals surface area contributed by atoms with Gasteiger partial charge in [-0.15, -0.1) is 0 Å². The summed E-state index contributed by atoms with van der Waals surface area (Å²) in [6, 6.07) is 5.88. The molecule has 1 aliphatic rings. The van der Waals surface area contributed by atoms with Crippen LogP contribution in [0.2, 0.25) is 0 Å². The average Bonchev–Trinajstić information content (AvgIpc) is 2.76. The molecule has 1 aromatic rings. The normalized spacial score (nSPS) is 20.6. The zero-order chi connectivity index (χ0) is 15.5. The zero-order valence-corrected chi connectivity index (χ0v) is 12.7. The fourth-order valence-electron chi connectivity index (χ4n) is 2.16. The Morgan fingerprint density at radius 1 is 1.33 bits per heavy atom. The largest absolute Gasteiger partial charge is 0.352 e. The van der Waals surface area contributed by atoms with Crippen LogP contribution in [-0.2, 0) is 9.84 Å². The van der Waals surface area contributed by atoms with Crippen molar-refractivity contribution in [2.24, 2.45) is 5.92 Å². The van der Waals surface area contributed by atoms with Crippen LogP contribution in [0.15, 0.2) is 29.2 Å². The van der Waals surface area contributed by atoms with Crippen molar-refractivity contribution in [1.82, 2.24) is 5.32 Å². The van der Waals surface area contributed by atoms with Crippen molar-refractivity contribution in [2.75, 3.05) is 18.1 Å². The number of rotatable bonds is 5. The molecular formula is C13H15F2NO3S2. The van der Waals surface area contributed by atoms with Gasteiger partial charge in [-0.05, 0) is 36.6 Å². The Kier molecular flexibility index (Phi) is 5.21. The number of hydrogen-bond donors (Lipinski definition) is 1. The van der Waals surface area contributed by atoms with Crippen molar-refractivity contribution in [3.63, 3.8) is 0 Å². The third kappa shape index (κ3) is 4.96. The van der Waals surface area contributed by atoms with E-state index in [1.165, 1.54) is 24.3 Å². The maximum atomic E-state index is 12.2. The molecule has 0 bridgehead atoms. The molecule has 0 spiro atoms. The van der Waals surface area contributed by atoms with E-state index >= 15 is 0 Å². The summed E-state index contributed by atoms with van der Waals surface area (Å²) in [4.78, 5) is 12.3. The number of carbonyl (C=O) groups excluding carboxylic acids is 1. The number of alkyl halides is 2. The highest BCUT2D eigenvalue weighted by atomic mass is 32.2. The predicted octanol–water partition coefficient (Wildman–Crippen LogP) is 2.17. The van der Waals surface area contributed by atoms with Crippen LogP contribution in [0.25, 0.3) is 0 Å². The van der Waals surface area contributed by atoms with Crippen molar-refractivity contribution in [3.8, 4) is 0 Å². The zero-order valence-electron chi connectivity index (χ0n) is 11.1. The molecule has 1 N–H and O–H groups in total. The first-order chi connectivity index (χ1) is 9.85. The standard InChI is InChI=1S/C13H15F2NO3S2/c14-13(15)20-11-3-1-10(2-4-11)12(17)16-7-9-5-6-21(18,19)8-9/h1-4,9,13H,5-8H2,(H,16,17). The predicted molar refractivity (Wildman–Crippen MR) is 77.4 cm³/mol. The van der Waals surface area contributed by atoms with E-state index in [0.29, 0.717) is 35.2 Å². The minimum Gasteiger partial charge on any atom is -0.352 e. The van der Waals surface area contributed by atoms with Crippen molar-refractivity contribution >= 4 is 27.5 Å². The van der Waals surface area contributed by atoms with Gasteiger partial charge in [-0.2, -0.15) is 8.78 Å². The maximum absolute atomic E-state index is 12.2. The van der Waals surface area contributed by atoms with Crippen molar-refractivity contribution < 1.29 is 22.0 Å². The summed E-state index contributed by atoms with van der Waals surface area (Å²) in [6.07, 6.45) is 0.562. The van der Waals surface area contributed by atoms with Gasteiger partial charge in [0.05, 0.1) is 11.5 Å².